The second kappa shape index (κ2) is 13.4. The van der Waals surface area contributed by atoms with E-state index in [1.165, 1.54) is 7.11 Å². The molecule has 1 unspecified atom stereocenters. The maximum absolute atomic E-state index is 11.4. The van der Waals surface area contributed by atoms with Crippen LogP contribution in [0.1, 0.15) is 67.2 Å². The number of esters is 1. The molecule has 0 fully saturated rings. The second-order valence-corrected chi connectivity index (χ2v) is 5.55. The molecule has 0 rings (SSSR count). The van der Waals surface area contributed by atoms with Crippen LogP contribution in [-0.2, 0) is 19.0 Å². The highest BCUT2D eigenvalue weighted by molar-refractivity contribution is 5.69. The van der Waals surface area contributed by atoms with Crippen molar-refractivity contribution in [1.82, 2.24) is 5.32 Å². The molecule has 132 valence electrons. The summed E-state index contributed by atoms with van der Waals surface area (Å²) in [5, 5.41) is 2.60. The van der Waals surface area contributed by atoms with Gasteiger partial charge in [-0.2, -0.15) is 0 Å². The number of nitrogens with one attached hydrogen (secondary N) is 1. The molecule has 0 spiro atoms. The highest BCUT2D eigenvalue weighted by Crippen LogP contribution is 2.07. The van der Waals surface area contributed by atoms with Crippen molar-refractivity contribution in [2.24, 2.45) is 0 Å². The lowest BCUT2D eigenvalue weighted by atomic mass is 10.2. The third-order valence-corrected chi connectivity index (χ3v) is 2.34. The minimum Gasteiger partial charge on any atom is -0.469 e. The van der Waals surface area contributed by atoms with Crippen LogP contribution in [0.2, 0.25) is 0 Å². The third-order valence-electron chi connectivity index (χ3n) is 2.34. The van der Waals surface area contributed by atoms with Gasteiger partial charge in [0.25, 0.3) is 0 Å². The number of hydrogen-bond donors (Lipinski definition) is 1. The van der Waals surface area contributed by atoms with Crippen LogP contribution in [0.3, 0.4) is 0 Å². The van der Waals surface area contributed by atoms with E-state index in [0.717, 1.165) is 19.3 Å². The molecule has 0 bridgehead atoms. The van der Waals surface area contributed by atoms with Gasteiger partial charge in [0.05, 0.1) is 7.11 Å². The Bertz CT molecular complexity index is 299. The molecule has 6 heteroatoms. The third kappa shape index (κ3) is 16.8. The Kier molecular flexibility index (Phi) is 14.0. The molecule has 1 atom stereocenters. The highest BCUT2D eigenvalue weighted by atomic mass is 16.6. The van der Waals surface area contributed by atoms with Crippen molar-refractivity contribution >= 4 is 12.1 Å². The molecule has 0 aliphatic heterocycles. The van der Waals surface area contributed by atoms with Crippen LogP contribution in [0.15, 0.2) is 0 Å². The van der Waals surface area contributed by atoms with Crippen molar-refractivity contribution in [3.8, 4) is 0 Å². The first kappa shape index (κ1) is 23.0. The van der Waals surface area contributed by atoms with Gasteiger partial charge in [0.1, 0.15) is 11.8 Å². The van der Waals surface area contributed by atoms with Crippen LogP contribution in [0.4, 0.5) is 4.79 Å². The Morgan fingerprint density at radius 2 is 1.68 bits per heavy atom. The number of methoxy groups -OCH3 is 1. The van der Waals surface area contributed by atoms with Gasteiger partial charge in [0, 0.05) is 13.0 Å². The first-order chi connectivity index (χ1) is 10.2. The van der Waals surface area contributed by atoms with Crippen LogP contribution < -0.4 is 5.32 Å². The topological polar surface area (TPSA) is 73.9 Å². The molecule has 0 saturated carbocycles. The molecular formula is C16H33NO5. The molecule has 0 aliphatic rings. The zero-order valence-corrected chi connectivity index (χ0v) is 15.2. The first-order valence-electron chi connectivity index (χ1n) is 7.92. The average molecular weight is 319 g/mol. The van der Waals surface area contributed by atoms with E-state index in [9.17, 15) is 9.59 Å². The molecule has 0 aromatic carbocycles. The van der Waals surface area contributed by atoms with Crippen molar-refractivity contribution in [3.63, 3.8) is 0 Å². The van der Waals surface area contributed by atoms with Crippen molar-refractivity contribution < 1.29 is 23.8 Å². The molecule has 0 aliphatic carbocycles. The minimum atomic E-state index is -0.516. The van der Waals surface area contributed by atoms with E-state index in [0.29, 0.717) is 13.0 Å². The van der Waals surface area contributed by atoms with Gasteiger partial charge in [-0.1, -0.05) is 20.3 Å². The largest absolute Gasteiger partial charge is 0.469 e. The Hall–Kier alpha value is -1.30. The van der Waals surface area contributed by atoms with Crippen LogP contribution >= 0.6 is 0 Å². The van der Waals surface area contributed by atoms with E-state index in [-0.39, 0.29) is 5.97 Å². The summed E-state index contributed by atoms with van der Waals surface area (Å²) in [6.07, 6.45) is 2.04. The molecule has 0 heterocycles. The standard InChI is InChI=1S/C14H27NO5.C2H6/c1-11(15-13(17)20-14(2,3)4)19-10-8-6-7-9-12(16)18-5;1-2/h11H,6-10H2,1-5H3,(H,15,17);1-2H3. The number of carbonyl (C=O) groups is 2. The Labute approximate surface area is 134 Å². The molecular weight excluding hydrogens is 286 g/mol. The van der Waals surface area contributed by atoms with Gasteiger partial charge in [0.2, 0.25) is 0 Å². The Morgan fingerprint density at radius 3 is 2.18 bits per heavy atom. The summed E-state index contributed by atoms with van der Waals surface area (Å²) in [5.74, 6) is -0.189. The summed E-state index contributed by atoms with van der Waals surface area (Å²) in [6.45, 7) is 11.7. The molecule has 22 heavy (non-hydrogen) atoms. The summed E-state index contributed by atoms with van der Waals surface area (Å²) in [5.41, 5.74) is -0.516. The Balaban J connectivity index is 0. The number of rotatable bonds is 8. The predicted molar refractivity (Wildman–Crippen MR) is 86.6 cm³/mol. The van der Waals surface area contributed by atoms with Crippen molar-refractivity contribution in [1.29, 1.82) is 0 Å². The van der Waals surface area contributed by atoms with Gasteiger partial charge < -0.3 is 14.2 Å². The van der Waals surface area contributed by atoms with Crippen LogP contribution in [0, 0.1) is 0 Å². The van der Waals surface area contributed by atoms with Gasteiger partial charge in [-0.3, -0.25) is 10.1 Å². The lowest BCUT2D eigenvalue weighted by Crippen LogP contribution is -2.39. The average Bonchev–Trinajstić information content (AvgIpc) is 2.42. The minimum absolute atomic E-state index is 0.189. The first-order valence-corrected chi connectivity index (χ1v) is 7.92. The summed E-state index contributed by atoms with van der Waals surface area (Å²) in [7, 11) is 1.38. The predicted octanol–water partition coefficient (Wildman–Crippen LogP) is 3.63. The lowest BCUT2D eigenvalue weighted by Gasteiger charge is -2.22. The molecule has 0 radical (unpaired) electrons. The number of carbonyl (C=O) groups excluding carboxylic acids is 2. The van der Waals surface area contributed by atoms with Crippen molar-refractivity contribution in [2.45, 2.75) is 79.1 Å². The monoisotopic (exact) mass is 319 g/mol. The van der Waals surface area contributed by atoms with E-state index in [1.54, 1.807) is 27.7 Å². The van der Waals surface area contributed by atoms with Crippen LogP contribution in [0.5, 0.6) is 0 Å². The number of alkyl carbamates (subject to hydrolysis) is 1. The second-order valence-electron chi connectivity index (χ2n) is 5.55. The van der Waals surface area contributed by atoms with E-state index >= 15 is 0 Å². The van der Waals surface area contributed by atoms with Crippen LogP contribution in [0.25, 0.3) is 0 Å². The van der Waals surface area contributed by atoms with Gasteiger partial charge in [-0.05, 0) is 40.5 Å². The summed E-state index contributed by atoms with van der Waals surface area (Å²) in [4.78, 5) is 22.3. The summed E-state index contributed by atoms with van der Waals surface area (Å²) in [6, 6.07) is 0. The fourth-order valence-electron chi connectivity index (χ4n) is 1.43. The van der Waals surface area contributed by atoms with Gasteiger partial charge in [0.15, 0.2) is 0 Å². The van der Waals surface area contributed by atoms with E-state index in [2.05, 4.69) is 10.1 Å². The number of amides is 1. The molecule has 1 amide bonds. The fourth-order valence-corrected chi connectivity index (χ4v) is 1.43. The summed E-state index contributed by atoms with van der Waals surface area (Å²) >= 11 is 0. The smallest absolute Gasteiger partial charge is 0.409 e. The highest BCUT2D eigenvalue weighted by Gasteiger charge is 2.17. The number of unbranched alkanes of at least 4 members (excludes halogenated alkanes) is 2. The number of hydrogen-bond acceptors (Lipinski definition) is 5. The van der Waals surface area contributed by atoms with Crippen LogP contribution in [-0.4, -0.2) is 37.6 Å². The van der Waals surface area contributed by atoms with Gasteiger partial charge in [-0.25, -0.2) is 4.79 Å². The van der Waals surface area contributed by atoms with Gasteiger partial charge >= 0.3 is 12.1 Å². The maximum atomic E-state index is 11.4. The summed E-state index contributed by atoms with van der Waals surface area (Å²) < 4.78 is 15.1. The number of ether oxygens (including phenoxy) is 3. The van der Waals surface area contributed by atoms with E-state index in [4.69, 9.17) is 9.47 Å². The Morgan fingerprint density at radius 1 is 1.09 bits per heavy atom. The molecule has 0 saturated heterocycles. The van der Waals surface area contributed by atoms with Crippen molar-refractivity contribution in [2.75, 3.05) is 13.7 Å². The van der Waals surface area contributed by atoms with Crippen molar-refractivity contribution in [3.05, 3.63) is 0 Å². The molecule has 0 aromatic rings. The molecule has 6 nitrogen and oxygen atoms in total. The zero-order chi connectivity index (χ0) is 17.6. The SMILES string of the molecule is CC.COC(=O)CCCCCOC(C)NC(=O)OC(C)(C)C. The molecule has 0 aromatic heterocycles. The van der Waals surface area contributed by atoms with E-state index < -0.39 is 17.9 Å². The van der Waals surface area contributed by atoms with E-state index in [1.807, 2.05) is 13.8 Å². The lowest BCUT2D eigenvalue weighted by molar-refractivity contribution is -0.140. The fraction of sp³-hybridized carbons (Fsp3) is 0.875. The normalized spacial score (nSPS) is 11.8. The zero-order valence-electron chi connectivity index (χ0n) is 15.2. The quantitative estimate of drug-likeness (QED) is 0.420. The molecule has 1 N–H and O–H groups in total. The van der Waals surface area contributed by atoms with Gasteiger partial charge in [-0.15, -0.1) is 0 Å². The maximum Gasteiger partial charge on any atom is 0.409 e.